The van der Waals surface area contributed by atoms with Gasteiger partial charge in [0.25, 0.3) is 0 Å². The van der Waals surface area contributed by atoms with Crippen LogP contribution in [-0.4, -0.2) is 63.7 Å². The Balaban J connectivity index is 1.46. The largest absolute Gasteiger partial charge is 0.446 e. The Bertz CT molecular complexity index is 1260. The van der Waals surface area contributed by atoms with Crippen LogP contribution in [0.5, 0.6) is 0 Å². The number of anilines is 3. The van der Waals surface area contributed by atoms with Gasteiger partial charge in [-0.3, -0.25) is 9.69 Å². The summed E-state index contributed by atoms with van der Waals surface area (Å²) in [6, 6.07) is 13.7. The average molecular weight is 512 g/mol. The Morgan fingerprint density at radius 1 is 0.944 bits per heavy atom. The fourth-order valence-electron chi connectivity index (χ4n) is 4.94. The van der Waals surface area contributed by atoms with Gasteiger partial charge >= 0.3 is 6.09 Å². The van der Waals surface area contributed by atoms with Crippen molar-refractivity contribution in [1.82, 2.24) is 0 Å². The van der Waals surface area contributed by atoms with E-state index in [0.29, 0.717) is 25.3 Å². The van der Waals surface area contributed by atoms with Crippen LogP contribution >= 0.6 is 0 Å². The number of amides is 2. The topological polar surface area (TPSA) is 87.2 Å². The first kappa shape index (κ1) is 24.6. The maximum Gasteiger partial charge on any atom is 0.414 e. The lowest BCUT2D eigenvalue weighted by molar-refractivity contribution is -0.120. The second kappa shape index (κ2) is 9.42. The standard InChI is InChI=1S/C27H33N3O5S/c1-18(2)35-27(32)29-17-19(3)30(26(31)21-4-5-21)24-11-8-22(16-25(24)29)20-6-9-23(10-7-20)28-12-14-36(33,34)15-13-28/h6-11,16,18-19,21H,4-5,12-15,17H2,1-3H3. The van der Waals surface area contributed by atoms with Gasteiger partial charge in [-0.1, -0.05) is 18.2 Å². The van der Waals surface area contributed by atoms with Crippen LogP contribution in [0.1, 0.15) is 33.6 Å². The first-order chi connectivity index (χ1) is 17.1. The molecule has 1 aliphatic carbocycles. The molecule has 2 heterocycles. The van der Waals surface area contributed by atoms with Gasteiger partial charge in [0.05, 0.1) is 35.0 Å². The summed E-state index contributed by atoms with van der Waals surface area (Å²) in [4.78, 5) is 31.7. The molecule has 0 spiro atoms. The molecule has 2 fully saturated rings. The highest BCUT2D eigenvalue weighted by molar-refractivity contribution is 7.91. The molecule has 1 atom stereocenters. The van der Waals surface area contributed by atoms with Crippen molar-refractivity contribution in [3.63, 3.8) is 0 Å². The number of ether oxygens (including phenoxy) is 1. The van der Waals surface area contributed by atoms with Crippen LogP contribution in [0.25, 0.3) is 11.1 Å². The number of benzene rings is 2. The summed E-state index contributed by atoms with van der Waals surface area (Å²) in [5, 5.41) is 0. The Hall–Kier alpha value is -3.07. The Morgan fingerprint density at radius 2 is 1.58 bits per heavy atom. The number of carbonyl (C=O) groups is 2. The van der Waals surface area contributed by atoms with E-state index in [9.17, 15) is 18.0 Å². The third-order valence-electron chi connectivity index (χ3n) is 7.04. The second-order valence-electron chi connectivity index (χ2n) is 10.3. The van der Waals surface area contributed by atoms with Gasteiger partial charge in [-0.25, -0.2) is 13.2 Å². The summed E-state index contributed by atoms with van der Waals surface area (Å²) in [5.41, 5.74) is 4.31. The summed E-state index contributed by atoms with van der Waals surface area (Å²) < 4.78 is 29.0. The number of nitrogens with zero attached hydrogens (tertiary/aromatic N) is 3. The van der Waals surface area contributed by atoms with E-state index < -0.39 is 15.9 Å². The second-order valence-corrected chi connectivity index (χ2v) is 12.6. The van der Waals surface area contributed by atoms with Gasteiger partial charge in [-0.2, -0.15) is 0 Å². The highest BCUT2D eigenvalue weighted by Gasteiger charge is 2.41. The average Bonchev–Trinajstić information content (AvgIpc) is 3.68. The van der Waals surface area contributed by atoms with Gasteiger partial charge in [0.2, 0.25) is 5.91 Å². The summed E-state index contributed by atoms with van der Waals surface area (Å²) in [7, 11) is -2.93. The molecular formula is C27H33N3O5S. The van der Waals surface area contributed by atoms with Crippen molar-refractivity contribution in [2.45, 2.75) is 45.8 Å². The van der Waals surface area contributed by atoms with E-state index in [4.69, 9.17) is 4.74 Å². The first-order valence-electron chi connectivity index (χ1n) is 12.6. The molecule has 0 aromatic heterocycles. The van der Waals surface area contributed by atoms with Crippen molar-refractivity contribution in [3.8, 4) is 11.1 Å². The lowest BCUT2D eigenvalue weighted by Crippen LogP contribution is -2.52. The van der Waals surface area contributed by atoms with E-state index in [-0.39, 0.29) is 35.5 Å². The SMILES string of the molecule is CC(C)OC(=O)N1CC(C)N(C(=O)C2CC2)c2ccc(-c3ccc(N4CCS(=O)(=O)CC4)cc3)cc21. The van der Waals surface area contributed by atoms with Crippen molar-refractivity contribution >= 4 is 38.9 Å². The quantitative estimate of drug-likeness (QED) is 0.615. The van der Waals surface area contributed by atoms with E-state index in [2.05, 4.69) is 4.90 Å². The maximum atomic E-state index is 13.1. The lowest BCUT2D eigenvalue weighted by Gasteiger charge is -2.41. The van der Waals surface area contributed by atoms with E-state index >= 15 is 0 Å². The molecule has 3 aliphatic rings. The van der Waals surface area contributed by atoms with Gasteiger partial charge in [0, 0.05) is 31.2 Å². The van der Waals surface area contributed by atoms with Crippen LogP contribution in [0, 0.1) is 5.92 Å². The van der Waals surface area contributed by atoms with E-state index in [0.717, 1.165) is 35.3 Å². The van der Waals surface area contributed by atoms with Gasteiger partial charge in [-0.05, 0) is 69.0 Å². The third-order valence-corrected chi connectivity index (χ3v) is 8.65. The summed E-state index contributed by atoms with van der Waals surface area (Å²) in [6.45, 7) is 6.98. The van der Waals surface area contributed by atoms with Crippen LogP contribution in [0.15, 0.2) is 42.5 Å². The summed E-state index contributed by atoms with van der Waals surface area (Å²) in [5.74, 6) is 0.556. The molecular weight excluding hydrogens is 478 g/mol. The minimum Gasteiger partial charge on any atom is -0.446 e. The lowest BCUT2D eigenvalue weighted by atomic mass is 10.00. The molecule has 0 N–H and O–H groups in total. The Kier molecular flexibility index (Phi) is 6.44. The molecule has 2 aromatic carbocycles. The highest BCUT2D eigenvalue weighted by Crippen LogP contribution is 2.42. The highest BCUT2D eigenvalue weighted by atomic mass is 32.2. The van der Waals surface area contributed by atoms with Crippen LogP contribution in [-0.2, 0) is 19.4 Å². The monoisotopic (exact) mass is 511 g/mol. The molecule has 36 heavy (non-hydrogen) atoms. The summed E-state index contributed by atoms with van der Waals surface area (Å²) in [6.07, 6.45) is 1.18. The van der Waals surface area contributed by atoms with Crippen molar-refractivity contribution in [2.24, 2.45) is 5.92 Å². The zero-order valence-electron chi connectivity index (χ0n) is 21.0. The number of fused-ring (bicyclic) bond motifs is 1. The molecule has 2 amide bonds. The number of hydrogen-bond acceptors (Lipinski definition) is 6. The van der Waals surface area contributed by atoms with E-state index in [1.165, 1.54) is 0 Å². The molecule has 2 aliphatic heterocycles. The molecule has 1 saturated heterocycles. The van der Waals surface area contributed by atoms with Crippen LogP contribution < -0.4 is 14.7 Å². The van der Waals surface area contributed by atoms with Gasteiger partial charge in [-0.15, -0.1) is 0 Å². The summed E-state index contributed by atoms with van der Waals surface area (Å²) >= 11 is 0. The molecule has 8 nitrogen and oxygen atoms in total. The molecule has 9 heteroatoms. The Morgan fingerprint density at radius 3 is 2.19 bits per heavy atom. The smallest absolute Gasteiger partial charge is 0.414 e. The van der Waals surface area contributed by atoms with E-state index in [1.807, 2.05) is 68.1 Å². The van der Waals surface area contributed by atoms with Crippen LogP contribution in [0.4, 0.5) is 21.9 Å². The fraction of sp³-hybridized carbons (Fsp3) is 0.481. The zero-order chi connectivity index (χ0) is 25.6. The molecule has 0 bridgehead atoms. The van der Waals surface area contributed by atoms with Crippen molar-refractivity contribution in [1.29, 1.82) is 0 Å². The number of carbonyl (C=O) groups excluding carboxylic acids is 2. The normalized spacial score (nSPS) is 21.3. The maximum absolute atomic E-state index is 13.1. The molecule has 1 saturated carbocycles. The fourth-order valence-corrected chi connectivity index (χ4v) is 6.14. The minimum absolute atomic E-state index is 0.0754. The van der Waals surface area contributed by atoms with Crippen LogP contribution in [0.2, 0.25) is 0 Å². The minimum atomic E-state index is -2.93. The molecule has 5 rings (SSSR count). The van der Waals surface area contributed by atoms with Gasteiger partial charge in [0.15, 0.2) is 9.84 Å². The van der Waals surface area contributed by atoms with Crippen molar-refractivity contribution in [3.05, 3.63) is 42.5 Å². The number of rotatable bonds is 4. The molecule has 1 unspecified atom stereocenters. The number of hydrogen-bond donors (Lipinski definition) is 0. The van der Waals surface area contributed by atoms with E-state index in [1.54, 1.807) is 4.90 Å². The predicted molar refractivity (Wildman–Crippen MR) is 141 cm³/mol. The first-order valence-corrected chi connectivity index (χ1v) is 14.5. The third kappa shape index (κ3) is 4.93. The van der Waals surface area contributed by atoms with Crippen molar-refractivity contribution in [2.75, 3.05) is 45.8 Å². The molecule has 192 valence electrons. The number of sulfone groups is 1. The molecule has 0 radical (unpaired) electrons. The van der Waals surface area contributed by atoms with Gasteiger partial charge in [0.1, 0.15) is 0 Å². The Labute approximate surface area is 212 Å². The van der Waals surface area contributed by atoms with Gasteiger partial charge < -0.3 is 14.5 Å². The predicted octanol–water partition coefficient (Wildman–Crippen LogP) is 4.08. The van der Waals surface area contributed by atoms with Crippen LogP contribution in [0.3, 0.4) is 0 Å². The zero-order valence-corrected chi connectivity index (χ0v) is 21.8. The molecule has 2 aromatic rings. The van der Waals surface area contributed by atoms with Crippen molar-refractivity contribution < 1.29 is 22.7 Å².